The fourth-order valence-electron chi connectivity index (χ4n) is 2.01. The quantitative estimate of drug-likeness (QED) is 0.783. The van der Waals surface area contributed by atoms with Crippen LogP contribution in [0.5, 0.6) is 0 Å². The Labute approximate surface area is 148 Å². The molecule has 2 aromatic rings. The van der Waals surface area contributed by atoms with Crippen LogP contribution in [0, 0.1) is 0 Å². The summed E-state index contributed by atoms with van der Waals surface area (Å²) in [6, 6.07) is 10.1. The monoisotopic (exact) mass is 371 g/mol. The van der Waals surface area contributed by atoms with Crippen molar-refractivity contribution in [2.75, 3.05) is 5.32 Å². The highest BCUT2D eigenvalue weighted by atomic mass is 35.5. The second-order valence-electron chi connectivity index (χ2n) is 4.73. The Morgan fingerprint density at radius 1 is 1.00 bits per heavy atom. The fraction of sp³-hybridized carbons (Fsp3) is 0.125. The summed E-state index contributed by atoms with van der Waals surface area (Å²) >= 11 is 17.8. The summed E-state index contributed by atoms with van der Waals surface area (Å²) in [5, 5.41) is 12.2. The first-order valence-electron chi connectivity index (χ1n) is 6.64. The van der Waals surface area contributed by atoms with Gasteiger partial charge in [0.1, 0.15) is 0 Å². The minimum absolute atomic E-state index is 0.0107. The van der Waals surface area contributed by atoms with Crippen LogP contribution in [-0.4, -0.2) is 17.0 Å². The lowest BCUT2D eigenvalue weighted by Crippen LogP contribution is -2.14. The molecule has 0 heterocycles. The van der Waals surface area contributed by atoms with Crippen LogP contribution in [0.3, 0.4) is 0 Å². The van der Waals surface area contributed by atoms with Crippen LogP contribution in [-0.2, 0) is 11.2 Å². The number of aromatic carboxylic acids is 1. The molecule has 23 heavy (non-hydrogen) atoms. The molecule has 0 saturated carbocycles. The molecule has 1 amide bonds. The van der Waals surface area contributed by atoms with Gasteiger partial charge in [0.2, 0.25) is 5.91 Å². The summed E-state index contributed by atoms with van der Waals surface area (Å²) in [7, 11) is 0. The van der Waals surface area contributed by atoms with Gasteiger partial charge in [-0.15, -0.1) is 0 Å². The van der Waals surface area contributed by atoms with Crippen molar-refractivity contribution in [1.29, 1.82) is 0 Å². The van der Waals surface area contributed by atoms with Gasteiger partial charge in [-0.2, -0.15) is 0 Å². The Morgan fingerprint density at radius 2 is 1.70 bits per heavy atom. The van der Waals surface area contributed by atoms with E-state index in [0.29, 0.717) is 11.4 Å². The number of hydrogen-bond donors (Lipinski definition) is 2. The highest BCUT2D eigenvalue weighted by Gasteiger charge is 2.18. The van der Waals surface area contributed by atoms with Gasteiger partial charge in [-0.3, -0.25) is 4.79 Å². The van der Waals surface area contributed by atoms with E-state index in [2.05, 4.69) is 5.32 Å². The third-order valence-electron chi connectivity index (χ3n) is 3.16. The van der Waals surface area contributed by atoms with Crippen LogP contribution in [0.2, 0.25) is 15.1 Å². The fourth-order valence-corrected chi connectivity index (χ4v) is 2.82. The zero-order valence-electron chi connectivity index (χ0n) is 11.8. The first kappa shape index (κ1) is 17.6. The standard InChI is InChI=1S/C16H12Cl3NO3/c17-10-4-2-1-3-9(10)5-8-13(21)20-12-7-6-11(18)14(15(12)19)16(22)23/h1-4,6-7H,5,8H2,(H,20,21)(H,22,23). The van der Waals surface area contributed by atoms with Crippen LogP contribution < -0.4 is 5.32 Å². The number of rotatable bonds is 5. The number of halogens is 3. The molecule has 7 heteroatoms. The number of benzene rings is 2. The first-order chi connectivity index (χ1) is 10.9. The summed E-state index contributed by atoms with van der Waals surface area (Å²) in [4.78, 5) is 23.2. The van der Waals surface area contributed by atoms with Crippen molar-refractivity contribution < 1.29 is 14.7 Å². The van der Waals surface area contributed by atoms with Crippen molar-refractivity contribution in [3.05, 3.63) is 62.6 Å². The predicted molar refractivity (Wildman–Crippen MR) is 91.8 cm³/mol. The van der Waals surface area contributed by atoms with E-state index in [4.69, 9.17) is 39.9 Å². The normalized spacial score (nSPS) is 10.4. The third kappa shape index (κ3) is 4.38. The zero-order valence-corrected chi connectivity index (χ0v) is 14.0. The largest absolute Gasteiger partial charge is 0.478 e. The van der Waals surface area contributed by atoms with E-state index in [-0.39, 0.29) is 33.6 Å². The summed E-state index contributed by atoms with van der Waals surface area (Å²) in [5.41, 5.74) is 0.826. The van der Waals surface area contributed by atoms with Gasteiger partial charge in [-0.05, 0) is 30.2 Å². The Bertz CT molecular complexity index is 762. The highest BCUT2D eigenvalue weighted by molar-refractivity contribution is 6.41. The third-order valence-corrected chi connectivity index (χ3v) is 4.23. The van der Waals surface area contributed by atoms with Crippen LogP contribution >= 0.6 is 34.8 Å². The molecule has 0 aliphatic heterocycles. The summed E-state index contributed by atoms with van der Waals surface area (Å²) < 4.78 is 0. The molecule has 4 nitrogen and oxygen atoms in total. The van der Waals surface area contributed by atoms with Crippen LogP contribution in [0.25, 0.3) is 0 Å². The topological polar surface area (TPSA) is 66.4 Å². The summed E-state index contributed by atoms with van der Waals surface area (Å²) in [6.07, 6.45) is 0.646. The zero-order chi connectivity index (χ0) is 17.0. The van der Waals surface area contributed by atoms with Gasteiger partial charge in [-0.25, -0.2) is 4.79 Å². The van der Waals surface area contributed by atoms with E-state index in [1.54, 1.807) is 6.07 Å². The maximum atomic E-state index is 12.0. The van der Waals surface area contributed by atoms with Gasteiger partial charge in [0, 0.05) is 11.4 Å². The van der Waals surface area contributed by atoms with Crippen LogP contribution in [0.4, 0.5) is 5.69 Å². The second-order valence-corrected chi connectivity index (χ2v) is 5.92. The van der Waals surface area contributed by atoms with E-state index < -0.39 is 5.97 Å². The minimum Gasteiger partial charge on any atom is -0.478 e. The molecule has 0 radical (unpaired) electrons. The van der Waals surface area contributed by atoms with Gasteiger partial charge in [0.05, 0.1) is 21.3 Å². The van der Waals surface area contributed by atoms with E-state index in [1.165, 1.54) is 12.1 Å². The number of carboxylic acid groups (broad SMARTS) is 1. The molecule has 2 aromatic carbocycles. The second kappa shape index (κ2) is 7.68. The maximum absolute atomic E-state index is 12.0. The van der Waals surface area contributed by atoms with Gasteiger partial charge in [-0.1, -0.05) is 53.0 Å². The van der Waals surface area contributed by atoms with E-state index in [9.17, 15) is 9.59 Å². The number of carbonyl (C=O) groups is 2. The number of carbonyl (C=O) groups excluding carboxylic acids is 1. The molecule has 0 aliphatic rings. The average Bonchev–Trinajstić information content (AvgIpc) is 2.49. The Morgan fingerprint density at radius 3 is 2.35 bits per heavy atom. The highest BCUT2D eigenvalue weighted by Crippen LogP contribution is 2.31. The maximum Gasteiger partial charge on any atom is 0.338 e. The number of aryl methyl sites for hydroxylation is 1. The Kier molecular flexibility index (Phi) is 5.88. The molecule has 0 saturated heterocycles. The van der Waals surface area contributed by atoms with E-state index >= 15 is 0 Å². The molecule has 0 unspecified atom stereocenters. The molecule has 0 spiro atoms. The van der Waals surface area contributed by atoms with Gasteiger partial charge >= 0.3 is 5.97 Å². The molecule has 0 bridgehead atoms. The molecule has 0 aromatic heterocycles. The van der Waals surface area contributed by atoms with Crippen molar-refractivity contribution >= 4 is 52.4 Å². The van der Waals surface area contributed by atoms with Crippen LogP contribution in [0.1, 0.15) is 22.3 Å². The number of anilines is 1. The average molecular weight is 373 g/mol. The van der Waals surface area contributed by atoms with E-state index in [0.717, 1.165) is 5.56 Å². The Balaban J connectivity index is 2.08. The molecular weight excluding hydrogens is 361 g/mol. The molecule has 120 valence electrons. The van der Waals surface area contributed by atoms with E-state index in [1.807, 2.05) is 18.2 Å². The van der Waals surface area contributed by atoms with Gasteiger partial charge in [0.25, 0.3) is 0 Å². The molecular formula is C16H12Cl3NO3. The van der Waals surface area contributed by atoms with Crippen molar-refractivity contribution in [2.24, 2.45) is 0 Å². The molecule has 0 aliphatic carbocycles. The Hall–Kier alpha value is -1.75. The summed E-state index contributed by atoms with van der Waals surface area (Å²) in [5.74, 6) is -1.56. The smallest absolute Gasteiger partial charge is 0.338 e. The number of nitrogens with one attached hydrogen (secondary N) is 1. The first-order valence-corrected chi connectivity index (χ1v) is 7.78. The minimum atomic E-state index is -1.26. The number of carboxylic acids is 1. The molecule has 2 rings (SSSR count). The SMILES string of the molecule is O=C(CCc1ccccc1Cl)Nc1ccc(Cl)c(C(=O)O)c1Cl. The van der Waals surface area contributed by atoms with Crippen molar-refractivity contribution in [3.8, 4) is 0 Å². The van der Waals surface area contributed by atoms with Gasteiger partial charge in [0.15, 0.2) is 0 Å². The summed E-state index contributed by atoms with van der Waals surface area (Å²) in [6.45, 7) is 0. The lowest BCUT2D eigenvalue weighted by atomic mass is 10.1. The lowest BCUT2D eigenvalue weighted by molar-refractivity contribution is -0.116. The van der Waals surface area contributed by atoms with Crippen molar-refractivity contribution in [1.82, 2.24) is 0 Å². The molecule has 2 N–H and O–H groups in total. The van der Waals surface area contributed by atoms with Crippen molar-refractivity contribution in [2.45, 2.75) is 12.8 Å². The van der Waals surface area contributed by atoms with Crippen LogP contribution in [0.15, 0.2) is 36.4 Å². The van der Waals surface area contributed by atoms with Gasteiger partial charge < -0.3 is 10.4 Å². The number of hydrogen-bond acceptors (Lipinski definition) is 2. The number of amides is 1. The molecule has 0 fully saturated rings. The van der Waals surface area contributed by atoms with Crippen molar-refractivity contribution in [3.63, 3.8) is 0 Å². The molecule has 0 atom stereocenters. The predicted octanol–water partition coefficient (Wildman–Crippen LogP) is 4.92. The lowest BCUT2D eigenvalue weighted by Gasteiger charge is -2.10.